The number of halogens is 1. The fourth-order valence-corrected chi connectivity index (χ4v) is 3.27. The molecular formula is C19H18FN3O. The van der Waals surface area contributed by atoms with E-state index in [1.165, 1.54) is 12.4 Å². The number of rotatable bonds is 2. The standard InChI is InChI=1S/C19H18FN3O/c1-13-10-23(11-17(24-13)14-6-3-2-4-7-14)19-18-15(20)8-5-9-16(18)21-12-22-19/h2-9,12-13,17H,10-11H2,1H3/t13-,17-/m0/s1. The van der Waals surface area contributed by atoms with Crippen LogP contribution in [0.3, 0.4) is 0 Å². The van der Waals surface area contributed by atoms with Crippen LogP contribution in [0.2, 0.25) is 0 Å². The molecule has 0 unspecified atom stereocenters. The van der Waals surface area contributed by atoms with Crippen LogP contribution in [0.5, 0.6) is 0 Å². The highest BCUT2D eigenvalue weighted by Gasteiger charge is 2.28. The van der Waals surface area contributed by atoms with E-state index in [0.717, 1.165) is 5.56 Å². The molecule has 1 aliphatic heterocycles. The van der Waals surface area contributed by atoms with E-state index >= 15 is 0 Å². The van der Waals surface area contributed by atoms with Crippen LogP contribution >= 0.6 is 0 Å². The number of hydrogen-bond acceptors (Lipinski definition) is 4. The van der Waals surface area contributed by atoms with Crippen molar-refractivity contribution in [1.29, 1.82) is 0 Å². The number of anilines is 1. The Bertz CT molecular complexity index is 850. The van der Waals surface area contributed by atoms with Gasteiger partial charge in [0.05, 0.1) is 17.0 Å². The molecule has 0 aliphatic carbocycles. The van der Waals surface area contributed by atoms with Gasteiger partial charge in [0.2, 0.25) is 0 Å². The van der Waals surface area contributed by atoms with Gasteiger partial charge < -0.3 is 9.64 Å². The average Bonchev–Trinajstić information content (AvgIpc) is 2.62. The van der Waals surface area contributed by atoms with Gasteiger partial charge in [0.1, 0.15) is 24.1 Å². The fraction of sp³-hybridized carbons (Fsp3) is 0.263. The van der Waals surface area contributed by atoms with Gasteiger partial charge in [-0.05, 0) is 24.6 Å². The Hall–Kier alpha value is -2.53. The average molecular weight is 323 g/mol. The normalized spacial score (nSPS) is 21.2. The number of benzene rings is 2. The summed E-state index contributed by atoms with van der Waals surface area (Å²) in [6, 6.07) is 15.0. The summed E-state index contributed by atoms with van der Waals surface area (Å²) >= 11 is 0. The molecular weight excluding hydrogens is 305 g/mol. The van der Waals surface area contributed by atoms with Crippen molar-refractivity contribution in [1.82, 2.24) is 9.97 Å². The van der Waals surface area contributed by atoms with E-state index in [1.807, 2.05) is 31.2 Å². The summed E-state index contributed by atoms with van der Waals surface area (Å²) in [6.45, 7) is 3.33. The van der Waals surface area contributed by atoms with Crippen molar-refractivity contribution in [2.75, 3.05) is 18.0 Å². The highest BCUT2D eigenvalue weighted by atomic mass is 19.1. The molecule has 1 aliphatic rings. The number of morpholine rings is 1. The zero-order chi connectivity index (χ0) is 16.5. The van der Waals surface area contributed by atoms with E-state index < -0.39 is 0 Å². The third-order valence-corrected chi connectivity index (χ3v) is 4.32. The molecule has 0 saturated carbocycles. The van der Waals surface area contributed by atoms with Gasteiger partial charge in [-0.15, -0.1) is 0 Å². The van der Waals surface area contributed by atoms with Crippen LogP contribution in [0, 0.1) is 5.82 Å². The zero-order valence-corrected chi connectivity index (χ0v) is 13.4. The van der Waals surface area contributed by atoms with Crippen LogP contribution in [0.15, 0.2) is 54.9 Å². The summed E-state index contributed by atoms with van der Waals surface area (Å²) in [5.41, 5.74) is 1.74. The van der Waals surface area contributed by atoms with Gasteiger partial charge in [0.15, 0.2) is 0 Å². The first-order valence-electron chi connectivity index (χ1n) is 8.07. The smallest absolute Gasteiger partial charge is 0.143 e. The van der Waals surface area contributed by atoms with Gasteiger partial charge in [-0.2, -0.15) is 0 Å². The lowest BCUT2D eigenvalue weighted by atomic mass is 10.1. The van der Waals surface area contributed by atoms with Crippen molar-refractivity contribution in [2.45, 2.75) is 19.1 Å². The molecule has 2 heterocycles. The van der Waals surface area contributed by atoms with Crippen LogP contribution < -0.4 is 4.90 Å². The number of ether oxygens (including phenoxy) is 1. The Morgan fingerprint density at radius 2 is 1.88 bits per heavy atom. The van der Waals surface area contributed by atoms with Gasteiger partial charge in [-0.3, -0.25) is 0 Å². The first-order chi connectivity index (χ1) is 11.7. The molecule has 5 heteroatoms. The summed E-state index contributed by atoms with van der Waals surface area (Å²) in [7, 11) is 0. The van der Waals surface area contributed by atoms with Crippen molar-refractivity contribution in [2.24, 2.45) is 0 Å². The molecule has 0 spiro atoms. The molecule has 2 aromatic carbocycles. The first-order valence-corrected chi connectivity index (χ1v) is 8.07. The van der Waals surface area contributed by atoms with Crippen molar-refractivity contribution >= 4 is 16.7 Å². The SMILES string of the molecule is C[C@H]1CN(c2ncnc3cccc(F)c23)C[C@@H](c2ccccc2)O1. The second kappa shape index (κ2) is 6.17. The van der Waals surface area contributed by atoms with E-state index in [1.54, 1.807) is 6.07 Å². The summed E-state index contributed by atoms with van der Waals surface area (Å²) in [5.74, 6) is 0.340. The lowest BCUT2D eigenvalue weighted by Gasteiger charge is -2.38. The molecule has 1 saturated heterocycles. The molecule has 4 rings (SSSR count). The summed E-state index contributed by atoms with van der Waals surface area (Å²) in [5, 5.41) is 0.473. The first kappa shape index (κ1) is 15.0. The largest absolute Gasteiger partial charge is 0.367 e. The van der Waals surface area contributed by atoms with E-state index in [4.69, 9.17) is 4.74 Å². The highest BCUT2D eigenvalue weighted by Crippen LogP contribution is 2.31. The Balaban J connectivity index is 1.74. The van der Waals surface area contributed by atoms with Crippen molar-refractivity contribution in [3.63, 3.8) is 0 Å². The monoisotopic (exact) mass is 323 g/mol. The van der Waals surface area contributed by atoms with Crippen LogP contribution in [0.4, 0.5) is 10.2 Å². The maximum Gasteiger partial charge on any atom is 0.143 e. The summed E-state index contributed by atoms with van der Waals surface area (Å²) < 4.78 is 20.5. The highest BCUT2D eigenvalue weighted by molar-refractivity contribution is 5.89. The van der Waals surface area contributed by atoms with Gasteiger partial charge in [-0.1, -0.05) is 36.4 Å². The number of fused-ring (bicyclic) bond motifs is 1. The van der Waals surface area contributed by atoms with Crippen LogP contribution in [0.1, 0.15) is 18.6 Å². The number of nitrogens with zero attached hydrogens (tertiary/aromatic N) is 3. The van der Waals surface area contributed by atoms with Crippen molar-refractivity contribution in [3.05, 3.63) is 66.2 Å². The van der Waals surface area contributed by atoms with Crippen molar-refractivity contribution in [3.8, 4) is 0 Å². The predicted molar refractivity (Wildman–Crippen MR) is 91.4 cm³/mol. The van der Waals surface area contributed by atoms with E-state index in [0.29, 0.717) is 29.8 Å². The number of hydrogen-bond donors (Lipinski definition) is 0. The Morgan fingerprint density at radius 1 is 1.04 bits per heavy atom. The zero-order valence-electron chi connectivity index (χ0n) is 13.4. The van der Waals surface area contributed by atoms with Crippen LogP contribution in [0.25, 0.3) is 10.9 Å². The van der Waals surface area contributed by atoms with E-state index in [-0.39, 0.29) is 18.0 Å². The Labute approximate surface area is 139 Å². The van der Waals surface area contributed by atoms with Gasteiger partial charge >= 0.3 is 0 Å². The lowest BCUT2D eigenvalue weighted by molar-refractivity contribution is -0.0175. The van der Waals surface area contributed by atoms with Crippen LogP contribution in [-0.4, -0.2) is 29.2 Å². The van der Waals surface area contributed by atoms with Crippen molar-refractivity contribution < 1.29 is 9.13 Å². The Morgan fingerprint density at radius 3 is 2.71 bits per heavy atom. The molecule has 4 nitrogen and oxygen atoms in total. The molecule has 0 amide bonds. The molecule has 3 aromatic rings. The third-order valence-electron chi connectivity index (χ3n) is 4.32. The second-order valence-corrected chi connectivity index (χ2v) is 6.08. The second-order valence-electron chi connectivity index (χ2n) is 6.08. The fourth-order valence-electron chi connectivity index (χ4n) is 3.27. The molecule has 0 bridgehead atoms. The van der Waals surface area contributed by atoms with Gasteiger partial charge in [0, 0.05) is 13.1 Å². The maximum absolute atomic E-state index is 14.4. The van der Waals surface area contributed by atoms with Gasteiger partial charge in [0.25, 0.3) is 0 Å². The molecule has 0 N–H and O–H groups in total. The summed E-state index contributed by atoms with van der Waals surface area (Å²) in [4.78, 5) is 10.7. The van der Waals surface area contributed by atoms with Gasteiger partial charge in [-0.25, -0.2) is 14.4 Å². The van der Waals surface area contributed by atoms with E-state index in [2.05, 4.69) is 27.0 Å². The Kier molecular flexibility index (Phi) is 3.86. The minimum absolute atomic E-state index is 0.0285. The maximum atomic E-state index is 14.4. The van der Waals surface area contributed by atoms with E-state index in [9.17, 15) is 4.39 Å². The molecule has 24 heavy (non-hydrogen) atoms. The molecule has 122 valence electrons. The molecule has 1 aromatic heterocycles. The molecule has 0 radical (unpaired) electrons. The summed E-state index contributed by atoms with van der Waals surface area (Å²) in [6.07, 6.45) is 1.46. The lowest BCUT2D eigenvalue weighted by Crippen LogP contribution is -2.43. The minimum Gasteiger partial charge on any atom is -0.367 e. The number of aromatic nitrogens is 2. The molecule has 1 fully saturated rings. The molecule has 2 atom stereocenters. The third kappa shape index (κ3) is 2.71. The topological polar surface area (TPSA) is 38.2 Å². The quantitative estimate of drug-likeness (QED) is 0.720. The van der Waals surface area contributed by atoms with Crippen LogP contribution in [-0.2, 0) is 4.74 Å². The minimum atomic E-state index is -0.293. The predicted octanol–water partition coefficient (Wildman–Crippen LogP) is 3.74.